The number of imidazole rings is 1. The zero-order chi connectivity index (χ0) is 13.4. The van der Waals surface area contributed by atoms with Gasteiger partial charge in [-0.15, -0.1) is 0 Å². The smallest absolute Gasteiger partial charge is 0.280 e. The highest BCUT2D eigenvalue weighted by Crippen LogP contribution is 2.19. The Morgan fingerprint density at radius 3 is 2.95 bits per heavy atom. The topological polar surface area (TPSA) is 125 Å². The van der Waals surface area contributed by atoms with Crippen molar-refractivity contribution in [1.29, 1.82) is 0 Å². The fourth-order valence-electron chi connectivity index (χ4n) is 2.38. The van der Waals surface area contributed by atoms with E-state index in [1.54, 1.807) is 4.57 Å². The van der Waals surface area contributed by atoms with Crippen LogP contribution in [0.4, 0.5) is 11.9 Å². The molecule has 2 aromatic heterocycles. The summed E-state index contributed by atoms with van der Waals surface area (Å²) in [6.45, 7) is 1.30. The van der Waals surface area contributed by atoms with Crippen LogP contribution >= 0.6 is 0 Å². The lowest BCUT2D eigenvalue weighted by Gasteiger charge is -2.23. The van der Waals surface area contributed by atoms with E-state index in [1.807, 2.05) is 0 Å². The zero-order valence-corrected chi connectivity index (χ0v) is 10.4. The third-order valence-corrected chi connectivity index (χ3v) is 3.31. The van der Waals surface area contributed by atoms with E-state index in [2.05, 4.69) is 15.0 Å². The molecular formula is C11H16N6O2. The normalized spacial score (nSPS) is 19.9. The first kappa shape index (κ1) is 12.0. The standard InChI is InChI=1S/C11H16N6O2/c12-10-15-8-7(9(18)16-10)14-11(13)17(8)5-6-3-1-2-4-19-6/h6H,1-5H2,(H2,13,14)(H3,12,15,16,18). The molecule has 3 heterocycles. The fourth-order valence-corrected chi connectivity index (χ4v) is 2.38. The second-order valence-electron chi connectivity index (χ2n) is 4.69. The van der Waals surface area contributed by atoms with E-state index >= 15 is 0 Å². The first-order valence-electron chi connectivity index (χ1n) is 6.28. The number of anilines is 2. The van der Waals surface area contributed by atoms with Gasteiger partial charge in [-0.1, -0.05) is 0 Å². The number of nitrogen functional groups attached to an aromatic ring is 2. The highest BCUT2D eigenvalue weighted by Gasteiger charge is 2.19. The molecule has 8 nitrogen and oxygen atoms in total. The highest BCUT2D eigenvalue weighted by molar-refractivity contribution is 5.74. The number of fused-ring (bicyclic) bond motifs is 1. The lowest BCUT2D eigenvalue weighted by molar-refractivity contribution is 0.00686. The van der Waals surface area contributed by atoms with Gasteiger partial charge in [0.15, 0.2) is 11.2 Å². The number of rotatable bonds is 2. The van der Waals surface area contributed by atoms with Crippen LogP contribution in [-0.2, 0) is 11.3 Å². The number of aromatic amines is 1. The van der Waals surface area contributed by atoms with E-state index in [0.29, 0.717) is 12.2 Å². The predicted molar refractivity (Wildman–Crippen MR) is 70.6 cm³/mol. The largest absolute Gasteiger partial charge is 0.376 e. The Hall–Kier alpha value is -2.09. The molecule has 19 heavy (non-hydrogen) atoms. The maximum absolute atomic E-state index is 11.7. The van der Waals surface area contributed by atoms with Crippen LogP contribution in [0.5, 0.6) is 0 Å². The Morgan fingerprint density at radius 1 is 1.37 bits per heavy atom. The summed E-state index contributed by atoms with van der Waals surface area (Å²) in [5, 5.41) is 0. The van der Waals surface area contributed by atoms with E-state index in [9.17, 15) is 4.79 Å². The molecule has 1 aliphatic heterocycles. The molecule has 2 aromatic rings. The van der Waals surface area contributed by atoms with Crippen LogP contribution in [0.2, 0.25) is 0 Å². The zero-order valence-electron chi connectivity index (χ0n) is 10.4. The minimum absolute atomic E-state index is 0.0585. The van der Waals surface area contributed by atoms with E-state index in [-0.39, 0.29) is 29.1 Å². The Morgan fingerprint density at radius 2 is 2.21 bits per heavy atom. The van der Waals surface area contributed by atoms with Crippen molar-refractivity contribution in [2.75, 3.05) is 18.1 Å². The fraction of sp³-hybridized carbons (Fsp3) is 0.545. The Balaban J connectivity index is 2.02. The van der Waals surface area contributed by atoms with E-state index < -0.39 is 0 Å². The van der Waals surface area contributed by atoms with Crippen LogP contribution in [-0.4, -0.2) is 32.2 Å². The Bertz CT molecular complexity index is 655. The molecule has 0 aromatic carbocycles. The minimum Gasteiger partial charge on any atom is -0.376 e. The first-order chi connectivity index (χ1) is 9.15. The molecule has 1 aliphatic rings. The summed E-state index contributed by atoms with van der Waals surface area (Å²) in [7, 11) is 0. The van der Waals surface area contributed by atoms with Crippen LogP contribution < -0.4 is 17.0 Å². The summed E-state index contributed by atoms with van der Waals surface area (Å²) in [5.41, 5.74) is 11.7. The number of ether oxygens (including phenoxy) is 1. The van der Waals surface area contributed by atoms with Crippen molar-refractivity contribution in [3.8, 4) is 0 Å². The monoisotopic (exact) mass is 264 g/mol. The lowest BCUT2D eigenvalue weighted by atomic mass is 10.1. The molecule has 1 unspecified atom stereocenters. The van der Waals surface area contributed by atoms with Crippen molar-refractivity contribution in [2.45, 2.75) is 31.9 Å². The first-order valence-corrected chi connectivity index (χ1v) is 6.28. The predicted octanol–water partition coefficient (Wildman–Crippen LogP) is -0.147. The lowest BCUT2D eigenvalue weighted by Crippen LogP contribution is -2.25. The number of nitrogens with two attached hydrogens (primary N) is 2. The van der Waals surface area contributed by atoms with E-state index in [0.717, 1.165) is 25.9 Å². The second kappa shape index (κ2) is 4.54. The molecular weight excluding hydrogens is 248 g/mol. The Kier molecular flexibility index (Phi) is 2.86. The maximum Gasteiger partial charge on any atom is 0.280 e. The molecule has 0 radical (unpaired) electrons. The summed E-state index contributed by atoms with van der Waals surface area (Å²) in [6.07, 6.45) is 3.27. The molecule has 1 atom stereocenters. The van der Waals surface area contributed by atoms with Crippen LogP contribution in [0, 0.1) is 0 Å². The van der Waals surface area contributed by atoms with Crippen molar-refractivity contribution in [3.63, 3.8) is 0 Å². The number of aromatic nitrogens is 4. The number of hydrogen-bond donors (Lipinski definition) is 3. The van der Waals surface area contributed by atoms with Crippen molar-refractivity contribution in [1.82, 2.24) is 19.5 Å². The summed E-state index contributed by atoms with van der Waals surface area (Å²) in [5.74, 6) is 0.316. The van der Waals surface area contributed by atoms with Crippen molar-refractivity contribution in [2.24, 2.45) is 0 Å². The average Bonchev–Trinajstić information content (AvgIpc) is 2.69. The molecule has 1 saturated heterocycles. The number of nitrogens with one attached hydrogen (secondary N) is 1. The van der Waals surface area contributed by atoms with Gasteiger partial charge in [-0.05, 0) is 19.3 Å². The summed E-state index contributed by atoms with van der Waals surface area (Å²) < 4.78 is 7.36. The Labute approximate surface area is 108 Å². The van der Waals surface area contributed by atoms with Gasteiger partial charge in [0, 0.05) is 6.61 Å². The summed E-state index contributed by atoms with van der Waals surface area (Å²) in [4.78, 5) is 22.3. The molecule has 0 aliphatic carbocycles. The molecule has 0 amide bonds. The van der Waals surface area contributed by atoms with Crippen LogP contribution in [0.15, 0.2) is 4.79 Å². The van der Waals surface area contributed by atoms with Gasteiger partial charge in [0.2, 0.25) is 11.9 Å². The van der Waals surface area contributed by atoms with Gasteiger partial charge in [-0.2, -0.15) is 4.98 Å². The quantitative estimate of drug-likeness (QED) is 0.693. The maximum atomic E-state index is 11.7. The van der Waals surface area contributed by atoms with Gasteiger partial charge >= 0.3 is 0 Å². The molecule has 8 heteroatoms. The van der Waals surface area contributed by atoms with Gasteiger partial charge in [0.25, 0.3) is 5.56 Å². The van der Waals surface area contributed by atoms with E-state index in [1.165, 1.54) is 0 Å². The van der Waals surface area contributed by atoms with Gasteiger partial charge < -0.3 is 16.2 Å². The third-order valence-electron chi connectivity index (χ3n) is 3.31. The minimum atomic E-state index is -0.377. The molecule has 0 spiro atoms. The van der Waals surface area contributed by atoms with Crippen molar-refractivity contribution >= 4 is 23.1 Å². The molecule has 1 fully saturated rings. The SMILES string of the molecule is Nc1nc2c(nc(N)n2CC2CCCCO2)c(=O)[nH]1. The van der Waals surface area contributed by atoms with E-state index in [4.69, 9.17) is 16.2 Å². The van der Waals surface area contributed by atoms with Gasteiger partial charge in [0.1, 0.15) is 0 Å². The van der Waals surface area contributed by atoms with Gasteiger partial charge in [-0.25, -0.2) is 4.98 Å². The molecule has 102 valence electrons. The van der Waals surface area contributed by atoms with Crippen LogP contribution in [0.1, 0.15) is 19.3 Å². The van der Waals surface area contributed by atoms with Crippen LogP contribution in [0.3, 0.4) is 0 Å². The average molecular weight is 264 g/mol. The van der Waals surface area contributed by atoms with Crippen LogP contribution in [0.25, 0.3) is 11.2 Å². The number of nitrogens with zero attached hydrogens (tertiary/aromatic N) is 3. The molecule has 0 saturated carbocycles. The summed E-state index contributed by atoms with van der Waals surface area (Å²) in [6, 6.07) is 0. The molecule has 0 bridgehead atoms. The number of H-pyrrole nitrogens is 1. The van der Waals surface area contributed by atoms with Gasteiger partial charge in [-0.3, -0.25) is 14.3 Å². The number of hydrogen-bond acceptors (Lipinski definition) is 6. The van der Waals surface area contributed by atoms with Crippen molar-refractivity contribution < 1.29 is 4.74 Å². The molecule has 5 N–H and O–H groups in total. The third kappa shape index (κ3) is 2.14. The molecule has 3 rings (SSSR count). The van der Waals surface area contributed by atoms with Gasteiger partial charge in [0.05, 0.1) is 12.6 Å². The highest BCUT2D eigenvalue weighted by atomic mass is 16.5. The summed E-state index contributed by atoms with van der Waals surface area (Å²) >= 11 is 0. The second-order valence-corrected chi connectivity index (χ2v) is 4.69. The van der Waals surface area contributed by atoms with Crippen molar-refractivity contribution in [3.05, 3.63) is 10.4 Å².